The minimum atomic E-state index is -0.199. The average molecular weight is 543 g/mol. The quantitative estimate of drug-likeness (QED) is 0.221. The minimum Gasteiger partial charge on any atom is -0.354 e. The topological polar surface area (TPSA) is 73.5 Å². The lowest BCUT2D eigenvalue weighted by Crippen LogP contribution is -2.29. The number of rotatable bonds is 8. The first-order valence-electron chi connectivity index (χ1n) is 14.3. The average Bonchev–Trinajstić information content (AvgIpc) is 3.35. The van der Waals surface area contributed by atoms with Crippen molar-refractivity contribution < 1.29 is 9.59 Å². The molecule has 1 fully saturated rings. The Labute approximate surface area is 241 Å². The molecule has 0 bridgehead atoms. The van der Waals surface area contributed by atoms with Crippen LogP contribution in [-0.4, -0.2) is 29.8 Å². The van der Waals surface area contributed by atoms with Gasteiger partial charge in [-0.2, -0.15) is 0 Å². The molecule has 4 aromatic rings. The van der Waals surface area contributed by atoms with E-state index in [1.54, 1.807) is 18.2 Å². The van der Waals surface area contributed by atoms with Gasteiger partial charge in [-0.25, -0.2) is 0 Å². The number of nitrogens with one attached hydrogen (secondary N) is 3. The number of hydrogen-bond donors (Lipinski definition) is 3. The Kier molecular flexibility index (Phi) is 7.92. The van der Waals surface area contributed by atoms with Crippen molar-refractivity contribution in [3.8, 4) is 0 Å². The van der Waals surface area contributed by atoms with Gasteiger partial charge in [0.2, 0.25) is 0 Å². The molecule has 0 spiro atoms. The highest BCUT2D eigenvalue weighted by atomic mass is 16.2. The van der Waals surface area contributed by atoms with E-state index in [2.05, 4.69) is 45.1 Å². The fraction of sp³-hybridized carbons (Fsp3) is 0.200. The molecule has 206 valence electrons. The van der Waals surface area contributed by atoms with Gasteiger partial charge in [-0.3, -0.25) is 14.5 Å². The first kappa shape index (κ1) is 26.5. The van der Waals surface area contributed by atoms with Crippen molar-refractivity contribution in [1.82, 2.24) is 10.2 Å². The van der Waals surface area contributed by atoms with Gasteiger partial charge in [0.15, 0.2) is 0 Å². The second-order valence-corrected chi connectivity index (χ2v) is 10.7. The van der Waals surface area contributed by atoms with E-state index < -0.39 is 0 Å². The molecule has 2 amide bonds. The molecule has 6 nitrogen and oxygen atoms in total. The number of fused-ring (bicyclic) bond motifs is 1. The summed E-state index contributed by atoms with van der Waals surface area (Å²) in [7, 11) is 0. The molecule has 0 radical (unpaired) electrons. The number of anilines is 2. The third-order valence-electron chi connectivity index (χ3n) is 7.71. The first-order valence-corrected chi connectivity index (χ1v) is 14.3. The highest BCUT2D eigenvalue weighted by Gasteiger charge is 2.29. The van der Waals surface area contributed by atoms with Gasteiger partial charge in [0, 0.05) is 35.6 Å². The summed E-state index contributed by atoms with van der Waals surface area (Å²) >= 11 is 0. The molecule has 3 N–H and O–H groups in total. The number of piperidine rings is 1. The molecule has 2 aliphatic rings. The Morgan fingerprint density at radius 3 is 2.20 bits per heavy atom. The SMILES string of the molecule is O=C1Nc2ccc(C(=O)NCc3ccccc3)cc2/C1=C(/Nc1ccc(CN2CCCCC2)cc1)c1ccccc1. The third-order valence-corrected chi connectivity index (χ3v) is 7.71. The summed E-state index contributed by atoms with van der Waals surface area (Å²) in [5, 5.41) is 9.52. The van der Waals surface area contributed by atoms with Gasteiger partial charge in [-0.05, 0) is 73.0 Å². The summed E-state index contributed by atoms with van der Waals surface area (Å²) < 4.78 is 0. The molecule has 4 aromatic carbocycles. The molecule has 41 heavy (non-hydrogen) atoms. The molecule has 6 rings (SSSR count). The fourth-order valence-electron chi connectivity index (χ4n) is 5.53. The second kappa shape index (κ2) is 12.2. The van der Waals surface area contributed by atoms with E-state index >= 15 is 0 Å². The van der Waals surface area contributed by atoms with E-state index in [0.29, 0.717) is 34.6 Å². The summed E-state index contributed by atoms with van der Waals surface area (Å²) in [6, 6.07) is 33.5. The van der Waals surface area contributed by atoms with Crippen LogP contribution < -0.4 is 16.0 Å². The van der Waals surface area contributed by atoms with Crippen molar-refractivity contribution in [2.24, 2.45) is 0 Å². The standard InChI is InChI=1S/C35H34N4O2/c40-34(36-23-25-10-4-1-5-11-25)28-16-19-31-30(22-28)32(35(41)38-31)33(27-12-6-2-7-13-27)37-29-17-14-26(15-18-29)24-39-20-8-3-9-21-39/h1-2,4-7,10-19,22,37H,3,8-9,20-21,23-24H2,(H,36,40)(H,38,41)/b33-32-. The number of benzene rings is 4. The van der Waals surface area contributed by atoms with Crippen molar-refractivity contribution in [3.63, 3.8) is 0 Å². The molecule has 1 saturated heterocycles. The predicted octanol–water partition coefficient (Wildman–Crippen LogP) is 6.54. The second-order valence-electron chi connectivity index (χ2n) is 10.7. The number of carbonyl (C=O) groups excluding carboxylic acids is 2. The van der Waals surface area contributed by atoms with Crippen LogP contribution in [0.3, 0.4) is 0 Å². The number of nitrogens with zero attached hydrogens (tertiary/aromatic N) is 1. The first-order chi connectivity index (χ1) is 20.1. The molecule has 0 atom stereocenters. The van der Waals surface area contributed by atoms with Crippen LogP contribution in [0.2, 0.25) is 0 Å². The van der Waals surface area contributed by atoms with E-state index in [1.807, 2.05) is 60.7 Å². The lowest BCUT2D eigenvalue weighted by atomic mass is 9.98. The largest absolute Gasteiger partial charge is 0.354 e. The van der Waals surface area contributed by atoms with Crippen LogP contribution in [0.4, 0.5) is 11.4 Å². The maximum Gasteiger partial charge on any atom is 0.258 e. The van der Waals surface area contributed by atoms with Crippen LogP contribution >= 0.6 is 0 Å². The van der Waals surface area contributed by atoms with Crippen molar-refractivity contribution in [3.05, 3.63) is 131 Å². The van der Waals surface area contributed by atoms with Crippen LogP contribution in [0.5, 0.6) is 0 Å². The highest BCUT2D eigenvalue weighted by molar-refractivity contribution is 6.37. The van der Waals surface area contributed by atoms with Crippen LogP contribution in [0.25, 0.3) is 11.3 Å². The molecule has 0 saturated carbocycles. The number of hydrogen-bond acceptors (Lipinski definition) is 4. The van der Waals surface area contributed by atoms with E-state index in [-0.39, 0.29) is 11.8 Å². The molecule has 2 aliphatic heterocycles. The number of amides is 2. The third kappa shape index (κ3) is 6.23. The smallest absolute Gasteiger partial charge is 0.258 e. The van der Waals surface area contributed by atoms with E-state index in [4.69, 9.17) is 0 Å². The van der Waals surface area contributed by atoms with Crippen molar-refractivity contribution in [2.45, 2.75) is 32.4 Å². The highest BCUT2D eigenvalue weighted by Crippen LogP contribution is 2.38. The van der Waals surface area contributed by atoms with Gasteiger partial charge in [-0.1, -0.05) is 79.2 Å². The summed E-state index contributed by atoms with van der Waals surface area (Å²) in [4.78, 5) is 29.0. The summed E-state index contributed by atoms with van der Waals surface area (Å²) in [6.07, 6.45) is 3.87. The van der Waals surface area contributed by atoms with Gasteiger partial charge < -0.3 is 16.0 Å². The maximum absolute atomic E-state index is 13.4. The van der Waals surface area contributed by atoms with Crippen LogP contribution in [0.1, 0.15) is 51.9 Å². The monoisotopic (exact) mass is 542 g/mol. The molecule has 2 heterocycles. The number of likely N-dealkylation sites (tertiary alicyclic amines) is 1. The summed E-state index contributed by atoms with van der Waals surface area (Å²) in [5.74, 6) is -0.385. The molecule has 6 heteroatoms. The van der Waals surface area contributed by atoms with E-state index in [9.17, 15) is 9.59 Å². The normalized spacial score (nSPS) is 16.0. The zero-order valence-corrected chi connectivity index (χ0v) is 23.0. The molecule has 0 unspecified atom stereocenters. The zero-order valence-electron chi connectivity index (χ0n) is 23.0. The molecular weight excluding hydrogens is 508 g/mol. The lowest BCUT2D eigenvalue weighted by molar-refractivity contribution is -0.110. The van der Waals surface area contributed by atoms with Gasteiger partial charge in [0.25, 0.3) is 11.8 Å². The van der Waals surface area contributed by atoms with Crippen LogP contribution in [0, 0.1) is 0 Å². The van der Waals surface area contributed by atoms with Crippen molar-refractivity contribution >= 4 is 34.5 Å². The molecule has 0 aliphatic carbocycles. The maximum atomic E-state index is 13.4. The van der Waals surface area contributed by atoms with Crippen molar-refractivity contribution in [1.29, 1.82) is 0 Å². The minimum absolute atomic E-state index is 0.186. The van der Waals surface area contributed by atoms with Gasteiger partial charge in [0.05, 0.1) is 11.3 Å². The Balaban J connectivity index is 1.29. The fourth-order valence-corrected chi connectivity index (χ4v) is 5.53. The molecular formula is C35H34N4O2. The predicted molar refractivity (Wildman–Crippen MR) is 165 cm³/mol. The Hall–Kier alpha value is -4.68. The van der Waals surface area contributed by atoms with Crippen LogP contribution in [0.15, 0.2) is 103 Å². The van der Waals surface area contributed by atoms with Gasteiger partial charge >= 0.3 is 0 Å². The Morgan fingerprint density at radius 2 is 1.46 bits per heavy atom. The van der Waals surface area contributed by atoms with Gasteiger partial charge in [0.1, 0.15) is 0 Å². The summed E-state index contributed by atoms with van der Waals surface area (Å²) in [6.45, 7) is 3.70. The lowest BCUT2D eigenvalue weighted by Gasteiger charge is -2.26. The number of carbonyl (C=O) groups is 2. The van der Waals surface area contributed by atoms with E-state index in [0.717, 1.165) is 36.4 Å². The van der Waals surface area contributed by atoms with Crippen LogP contribution in [-0.2, 0) is 17.9 Å². The Morgan fingerprint density at radius 1 is 0.756 bits per heavy atom. The van der Waals surface area contributed by atoms with Gasteiger partial charge in [-0.15, -0.1) is 0 Å². The van der Waals surface area contributed by atoms with Crippen molar-refractivity contribution in [2.75, 3.05) is 23.7 Å². The zero-order chi connectivity index (χ0) is 28.0. The summed E-state index contributed by atoms with van der Waals surface area (Å²) in [5.41, 5.74) is 7.21. The Bertz CT molecular complexity index is 1560. The molecule has 0 aromatic heterocycles. The van der Waals surface area contributed by atoms with E-state index in [1.165, 1.54) is 24.8 Å².